The number of fused-ring (bicyclic) bond motifs is 1. The number of nitrogens with one attached hydrogen (secondary N) is 1. The molecule has 1 saturated heterocycles. The summed E-state index contributed by atoms with van der Waals surface area (Å²) in [7, 11) is 3.40. The van der Waals surface area contributed by atoms with Gasteiger partial charge in [0.25, 0.3) is 0 Å². The third-order valence-corrected chi connectivity index (χ3v) is 4.64. The molecule has 5 nitrogen and oxygen atoms in total. The van der Waals surface area contributed by atoms with Crippen LogP contribution in [0.4, 0.5) is 0 Å². The van der Waals surface area contributed by atoms with Crippen molar-refractivity contribution in [1.29, 1.82) is 0 Å². The van der Waals surface area contributed by atoms with Crippen LogP contribution in [0.25, 0.3) is 0 Å². The van der Waals surface area contributed by atoms with Gasteiger partial charge >= 0.3 is 0 Å². The molecule has 0 radical (unpaired) electrons. The molecule has 22 heavy (non-hydrogen) atoms. The quantitative estimate of drug-likeness (QED) is 0.884. The Kier molecular flexibility index (Phi) is 4.64. The molecule has 1 amide bonds. The molecule has 3 rings (SSSR count). The summed E-state index contributed by atoms with van der Waals surface area (Å²) >= 11 is 0. The predicted octanol–water partition coefficient (Wildman–Crippen LogP) is 1.06. The fourth-order valence-corrected chi connectivity index (χ4v) is 3.55. The van der Waals surface area contributed by atoms with Crippen LogP contribution in [0.2, 0.25) is 0 Å². The molecule has 0 aliphatic carbocycles. The number of carbonyl (C=O) groups excluding carboxylic acids is 1. The van der Waals surface area contributed by atoms with Crippen molar-refractivity contribution in [1.82, 2.24) is 10.2 Å². The van der Waals surface area contributed by atoms with Gasteiger partial charge in [0, 0.05) is 46.1 Å². The van der Waals surface area contributed by atoms with E-state index in [2.05, 4.69) is 28.4 Å². The largest absolute Gasteiger partial charge is 0.493 e. The van der Waals surface area contributed by atoms with Gasteiger partial charge in [-0.1, -0.05) is 12.1 Å². The molecule has 2 aliphatic rings. The van der Waals surface area contributed by atoms with Crippen LogP contribution in [0.1, 0.15) is 11.1 Å². The highest BCUT2D eigenvalue weighted by molar-refractivity contribution is 5.79. The van der Waals surface area contributed by atoms with Gasteiger partial charge in [-0.05, 0) is 17.2 Å². The molecule has 1 fully saturated rings. The van der Waals surface area contributed by atoms with Crippen molar-refractivity contribution in [3.05, 3.63) is 29.3 Å². The molecule has 0 unspecified atom stereocenters. The molecular weight excluding hydrogens is 280 g/mol. The third-order valence-electron chi connectivity index (χ3n) is 4.64. The van der Waals surface area contributed by atoms with Crippen molar-refractivity contribution in [2.24, 2.45) is 11.8 Å². The van der Waals surface area contributed by atoms with Crippen LogP contribution in [-0.4, -0.2) is 51.3 Å². The first-order valence-electron chi connectivity index (χ1n) is 7.88. The molecule has 2 atom stereocenters. The Labute approximate surface area is 131 Å². The van der Waals surface area contributed by atoms with Crippen molar-refractivity contribution in [2.45, 2.75) is 13.0 Å². The van der Waals surface area contributed by atoms with Gasteiger partial charge < -0.3 is 14.8 Å². The van der Waals surface area contributed by atoms with Crippen molar-refractivity contribution < 1.29 is 14.3 Å². The number of hydrogen-bond donors (Lipinski definition) is 1. The summed E-state index contributed by atoms with van der Waals surface area (Å²) in [4.78, 5) is 14.4. The second-order valence-electron chi connectivity index (χ2n) is 6.17. The number of amides is 1. The lowest BCUT2D eigenvalue weighted by atomic mass is 9.96. The lowest BCUT2D eigenvalue weighted by Crippen LogP contribution is -2.34. The van der Waals surface area contributed by atoms with Gasteiger partial charge in [-0.2, -0.15) is 0 Å². The third kappa shape index (κ3) is 3.10. The molecule has 1 aromatic carbocycles. The van der Waals surface area contributed by atoms with E-state index in [-0.39, 0.29) is 17.7 Å². The van der Waals surface area contributed by atoms with Gasteiger partial charge in [-0.15, -0.1) is 0 Å². The van der Waals surface area contributed by atoms with E-state index in [1.165, 1.54) is 11.1 Å². The first-order valence-corrected chi connectivity index (χ1v) is 7.88. The van der Waals surface area contributed by atoms with Crippen molar-refractivity contribution in [3.63, 3.8) is 0 Å². The molecule has 2 aliphatic heterocycles. The van der Waals surface area contributed by atoms with Crippen LogP contribution in [0.5, 0.6) is 5.75 Å². The molecule has 1 N–H and O–H groups in total. The van der Waals surface area contributed by atoms with E-state index in [1.54, 1.807) is 14.2 Å². The second kappa shape index (κ2) is 6.67. The summed E-state index contributed by atoms with van der Waals surface area (Å²) in [5.74, 6) is 1.42. The molecule has 2 heterocycles. The lowest BCUT2D eigenvalue weighted by molar-refractivity contribution is -0.125. The average molecular weight is 304 g/mol. The first kappa shape index (κ1) is 15.3. The Morgan fingerprint density at radius 1 is 1.45 bits per heavy atom. The number of benzene rings is 1. The fourth-order valence-electron chi connectivity index (χ4n) is 3.55. The van der Waals surface area contributed by atoms with Crippen LogP contribution in [0.3, 0.4) is 0 Å². The first-order chi connectivity index (χ1) is 10.7. The van der Waals surface area contributed by atoms with Gasteiger partial charge in [-0.3, -0.25) is 9.69 Å². The van der Waals surface area contributed by atoms with Crippen molar-refractivity contribution in [3.8, 4) is 5.75 Å². The molecule has 0 spiro atoms. The van der Waals surface area contributed by atoms with Gasteiger partial charge in [0.15, 0.2) is 0 Å². The summed E-state index contributed by atoms with van der Waals surface area (Å²) < 4.78 is 10.8. The minimum Gasteiger partial charge on any atom is -0.493 e. The zero-order valence-corrected chi connectivity index (χ0v) is 13.3. The Hall–Kier alpha value is -1.59. The number of nitrogens with zero attached hydrogens (tertiary/aromatic N) is 1. The zero-order chi connectivity index (χ0) is 15.5. The van der Waals surface area contributed by atoms with Crippen LogP contribution >= 0.6 is 0 Å². The molecule has 120 valence electrons. The number of ether oxygens (including phenoxy) is 2. The molecule has 0 saturated carbocycles. The van der Waals surface area contributed by atoms with E-state index in [4.69, 9.17) is 9.47 Å². The monoisotopic (exact) mass is 304 g/mol. The van der Waals surface area contributed by atoms with E-state index in [0.717, 1.165) is 38.4 Å². The standard InChI is InChI=1S/C17H24N2O3/c1-18-17(20)15-10-19(9-14(15)11-21-2)8-12-3-4-16-13(7-12)5-6-22-16/h3-4,7,14-15H,5-6,8-11H2,1-2H3,(H,18,20)/t14-,15+/m0/s1. The summed E-state index contributed by atoms with van der Waals surface area (Å²) in [5.41, 5.74) is 2.59. The highest BCUT2D eigenvalue weighted by atomic mass is 16.5. The summed E-state index contributed by atoms with van der Waals surface area (Å²) in [5, 5.41) is 2.78. The normalized spacial score (nSPS) is 24.1. The van der Waals surface area contributed by atoms with Crippen LogP contribution in [0.15, 0.2) is 18.2 Å². The Bertz CT molecular complexity index is 547. The Morgan fingerprint density at radius 3 is 3.09 bits per heavy atom. The van der Waals surface area contributed by atoms with Gasteiger partial charge in [0.05, 0.1) is 19.1 Å². The summed E-state index contributed by atoms with van der Waals surface area (Å²) in [6.45, 7) is 3.99. The maximum Gasteiger partial charge on any atom is 0.224 e. The Balaban J connectivity index is 1.66. The SMILES string of the molecule is CNC(=O)[C@@H]1CN(Cc2ccc3c(c2)CCO3)C[C@H]1COC. The predicted molar refractivity (Wildman–Crippen MR) is 83.8 cm³/mol. The van der Waals surface area contributed by atoms with Crippen LogP contribution in [-0.2, 0) is 22.5 Å². The highest BCUT2D eigenvalue weighted by Crippen LogP contribution is 2.29. The molecular formula is C17H24N2O3. The minimum absolute atomic E-state index is 0.0164. The summed E-state index contributed by atoms with van der Waals surface area (Å²) in [6, 6.07) is 6.43. The smallest absolute Gasteiger partial charge is 0.224 e. The fraction of sp³-hybridized carbons (Fsp3) is 0.588. The zero-order valence-electron chi connectivity index (χ0n) is 13.3. The van der Waals surface area contributed by atoms with Gasteiger partial charge in [0.1, 0.15) is 5.75 Å². The summed E-state index contributed by atoms with van der Waals surface area (Å²) in [6.07, 6.45) is 0.996. The number of rotatable bonds is 5. The molecule has 5 heteroatoms. The topological polar surface area (TPSA) is 50.8 Å². The second-order valence-corrected chi connectivity index (χ2v) is 6.17. The minimum atomic E-state index is 0.0164. The molecule has 0 bridgehead atoms. The van der Waals surface area contributed by atoms with Crippen LogP contribution in [0, 0.1) is 11.8 Å². The van der Waals surface area contributed by atoms with E-state index in [0.29, 0.717) is 6.61 Å². The lowest BCUT2D eigenvalue weighted by Gasteiger charge is -2.16. The number of carbonyl (C=O) groups is 1. The van der Waals surface area contributed by atoms with E-state index in [9.17, 15) is 4.79 Å². The number of methoxy groups -OCH3 is 1. The van der Waals surface area contributed by atoms with E-state index < -0.39 is 0 Å². The Morgan fingerprint density at radius 2 is 2.32 bits per heavy atom. The average Bonchev–Trinajstić information content (AvgIpc) is 3.13. The number of likely N-dealkylation sites (tertiary alicyclic amines) is 1. The number of hydrogen-bond acceptors (Lipinski definition) is 4. The van der Waals surface area contributed by atoms with Crippen molar-refractivity contribution in [2.75, 3.05) is 40.5 Å². The van der Waals surface area contributed by atoms with E-state index in [1.807, 2.05) is 0 Å². The maximum absolute atomic E-state index is 12.0. The van der Waals surface area contributed by atoms with Crippen molar-refractivity contribution >= 4 is 5.91 Å². The molecule has 0 aromatic heterocycles. The molecule has 1 aromatic rings. The highest BCUT2D eigenvalue weighted by Gasteiger charge is 2.37. The van der Waals surface area contributed by atoms with Crippen LogP contribution < -0.4 is 10.1 Å². The van der Waals surface area contributed by atoms with E-state index >= 15 is 0 Å². The van der Waals surface area contributed by atoms with Gasteiger partial charge in [-0.25, -0.2) is 0 Å². The van der Waals surface area contributed by atoms with Gasteiger partial charge in [0.2, 0.25) is 5.91 Å². The maximum atomic E-state index is 12.0.